The Labute approximate surface area is 227 Å². The first-order chi connectivity index (χ1) is 18.2. The van der Waals surface area contributed by atoms with E-state index in [0.29, 0.717) is 18.2 Å². The highest BCUT2D eigenvalue weighted by Gasteiger charge is 2.59. The quantitative estimate of drug-likeness (QED) is 0.250. The van der Waals surface area contributed by atoms with Crippen molar-refractivity contribution in [3.8, 4) is 5.75 Å². The van der Waals surface area contributed by atoms with Crippen LogP contribution in [0.25, 0.3) is 0 Å². The Kier molecular flexibility index (Phi) is 8.74. The van der Waals surface area contributed by atoms with Gasteiger partial charge in [0.05, 0.1) is 5.60 Å². The molecule has 2 aliphatic rings. The Balaban J connectivity index is 1.78. The molecule has 38 heavy (non-hydrogen) atoms. The molecule has 204 valence electrons. The number of hydrogen-bond donors (Lipinski definition) is 0. The number of rotatable bonds is 9. The first kappa shape index (κ1) is 28.1. The van der Waals surface area contributed by atoms with E-state index in [9.17, 15) is 9.59 Å². The van der Waals surface area contributed by atoms with Crippen LogP contribution >= 0.6 is 0 Å². The van der Waals surface area contributed by atoms with E-state index >= 15 is 0 Å². The van der Waals surface area contributed by atoms with E-state index in [4.69, 9.17) is 9.47 Å². The molecule has 4 rings (SSSR count). The lowest BCUT2D eigenvalue weighted by molar-refractivity contribution is -0.153. The van der Waals surface area contributed by atoms with Crippen molar-refractivity contribution >= 4 is 11.9 Å². The van der Waals surface area contributed by atoms with Crippen molar-refractivity contribution in [1.82, 2.24) is 9.80 Å². The molecule has 1 aliphatic carbocycles. The molecule has 0 N–H and O–H groups in total. The van der Waals surface area contributed by atoms with Crippen LogP contribution in [0, 0.1) is 5.92 Å². The Hall–Kier alpha value is -2.96. The van der Waals surface area contributed by atoms with Crippen LogP contribution in [0.2, 0.25) is 0 Å². The van der Waals surface area contributed by atoms with E-state index in [2.05, 4.69) is 36.3 Å². The summed E-state index contributed by atoms with van der Waals surface area (Å²) in [6, 6.07) is 17.6. The van der Waals surface area contributed by atoms with Crippen LogP contribution in [-0.4, -0.2) is 66.6 Å². The average Bonchev–Trinajstić information content (AvgIpc) is 2.91. The van der Waals surface area contributed by atoms with Crippen molar-refractivity contribution in [2.24, 2.45) is 5.92 Å². The van der Waals surface area contributed by atoms with E-state index in [1.54, 1.807) is 0 Å². The molecule has 2 aromatic rings. The zero-order valence-electron chi connectivity index (χ0n) is 23.3. The zero-order valence-corrected chi connectivity index (χ0v) is 23.3. The molecule has 2 fully saturated rings. The molecular weight excluding hydrogens is 476 g/mol. The monoisotopic (exact) mass is 518 g/mol. The third kappa shape index (κ3) is 5.57. The molecule has 1 saturated carbocycles. The molecule has 3 unspecified atom stereocenters. The van der Waals surface area contributed by atoms with Crippen LogP contribution in [0.15, 0.2) is 67.3 Å². The summed E-state index contributed by atoms with van der Waals surface area (Å²) in [5, 5.41) is 0. The minimum absolute atomic E-state index is 0.0664. The van der Waals surface area contributed by atoms with Crippen molar-refractivity contribution in [2.45, 2.75) is 63.5 Å². The van der Waals surface area contributed by atoms with Gasteiger partial charge in [0.25, 0.3) is 5.91 Å². The van der Waals surface area contributed by atoms with Gasteiger partial charge in [-0.05, 0) is 68.0 Å². The summed E-state index contributed by atoms with van der Waals surface area (Å²) >= 11 is 0. The first-order valence-corrected chi connectivity index (χ1v) is 13.8. The molecule has 0 radical (unpaired) electrons. The highest BCUT2D eigenvalue weighted by atomic mass is 16.5. The van der Waals surface area contributed by atoms with Crippen molar-refractivity contribution < 1.29 is 19.1 Å². The maximum atomic E-state index is 13.9. The van der Waals surface area contributed by atoms with Crippen LogP contribution in [0.4, 0.5) is 0 Å². The van der Waals surface area contributed by atoms with E-state index in [0.717, 1.165) is 56.4 Å². The fourth-order valence-corrected chi connectivity index (χ4v) is 6.73. The fourth-order valence-electron chi connectivity index (χ4n) is 6.73. The summed E-state index contributed by atoms with van der Waals surface area (Å²) in [4.78, 5) is 30.1. The minimum Gasteiger partial charge on any atom is -0.427 e. The number of fused-ring (bicyclic) bond motifs is 1. The molecule has 3 atom stereocenters. The summed E-state index contributed by atoms with van der Waals surface area (Å²) < 4.78 is 12.0. The fraction of sp³-hybridized carbons (Fsp3) is 0.500. The van der Waals surface area contributed by atoms with Crippen LogP contribution < -0.4 is 4.74 Å². The van der Waals surface area contributed by atoms with Gasteiger partial charge in [-0.3, -0.25) is 14.5 Å². The zero-order chi connectivity index (χ0) is 27.3. The van der Waals surface area contributed by atoms with Gasteiger partial charge in [0.2, 0.25) is 0 Å². The lowest BCUT2D eigenvalue weighted by Gasteiger charge is -2.60. The summed E-state index contributed by atoms with van der Waals surface area (Å²) in [5.74, 6) is 0.637. The molecular formula is C32H42N2O4. The molecule has 0 aromatic heterocycles. The Morgan fingerprint density at radius 1 is 1.16 bits per heavy atom. The molecule has 0 spiro atoms. The third-order valence-electron chi connectivity index (χ3n) is 8.38. The second kappa shape index (κ2) is 11.8. The van der Waals surface area contributed by atoms with Crippen LogP contribution in [-0.2, 0) is 14.9 Å². The van der Waals surface area contributed by atoms with Crippen molar-refractivity contribution in [2.75, 3.05) is 33.3 Å². The molecule has 1 aliphatic heterocycles. The number of methoxy groups -OCH3 is 1. The van der Waals surface area contributed by atoms with Gasteiger partial charge >= 0.3 is 5.97 Å². The molecule has 1 saturated heterocycles. The highest BCUT2D eigenvalue weighted by molar-refractivity contribution is 5.94. The number of hydrogen-bond acceptors (Lipinski definition) is 5. The van der Waals surface area contributed by atoms with Gasteiger partial charge in [-0.15, -0.1) is 6.58 Å². The second-order valence-electron chi connectivity index (χ2n) is 11.3. The third-order valence-corrected chi connectivity index (χ3v) is 8.38. The molecule has 1 amide bonds. The van der Waals surface area contributed by atoms with Gasteiger partial charge in [-0.2, -0.15) is 0 Å². The smallest absolute Gasteiger partial charge is 0.308 e. The lowest BCUT2D eigenvalue weighted by atomic mass is 9.55. The SMILES string of the molecule is C=CCN1CCC2(c3cccc(OC(C)=O)c3)CC(N(CC(C)C)C(=O)c3ccccc3)CCC2(OC)C1. The molecule has 1 heterocycles. The standard InChI is InChI=1S/C32H42N2O4/c1-6-18-33-19-17-31(27-13-10-14-29(20-27)38-25(4)35)21-28(15-16-32(31,23-33)37-5)34(22-24(2)3)30(36)26-11-8-7-9-12-26/h6-14,20,24,28H,1,15-19,21-23H2,2-5H3. The van der Waals surface area contributed by atoms with Crippen LogP contribution in [0.1, 0.15) is 62.4 Å². The minimum atomic E-state index is -0.432. The largest absolute Gasteiger partial charge is 0.427 e. The van der Waals surface area contributed by atoms with Crippen LogP contribution in [0.5, 0.6) is 5.75 Å². The number of amides is 1. The Morgan fingerprint density at radius 3 is 2.58 bits per heavy atom. The van der Waals surface area contributed by atoms with Gasteiger partial charge < -0.3 is 14.4 Å². The predicted molar refractivity (Wildman–Crippen MR) is 150 cm³/mol. The highest BCUT2D eigenvalue weighted by Crippen LogP contribution is 2.54. The topological polar surface area (TPSA) is 59.1 Å². The van der Waals surface area contributed by atoms with Gasteiger partial charge in [0, 0.05) is 50.7 Å². The number of ether oxygens (including phenoxy) is 2. The van der Waals surface area contributed by atoms with Gasteiger partial charge in [-0.25, -0.2) is 0 Å². The van der Waals surface area contributed by atoms with Gasteiger partial charge in [-0.1, -0.05) is 50.3 Å². The summed E-state index contributed by atoms with van der Waals surface area (Å²) in [7, 11) is 1.82. The summed E-state index contributed by atoms with van der Waals surface area (Å²) in [5.41, 5.74) is 1.06. The maximum Gasteiger partial charge on any atom is 0.308 e. The number of piperidine rings is 1. The number of nitrogens with zero attached hydrogens (tertiary/aromatic N) is 2. The Bertz CT molecular complexity index is 1130. The van der Waals surface area contributed by atoms with Crippen molar-refractivity contribution in [3.63, 3.8) is 0 Å². The van der Waals surface area contributed by atoms with Crippen molar-refractivity contribution in [3.05, 3.63) is 78.4 Å². The lowest BCUT2D eigenvalue weighted by Crippen LogP contribution is -2.68. The number of carbonyl (C=O) groups excluding carboxylic acids is 2. The van der Waals surface area contributed by atoms with E-state index in [-0.39, 0.29) is 23.3 Å². The number of esters is 1. The molecule has 6 heteroatoms. The normalized spacial score (nSPS) is 25.4. The predicted octanol–water partition coefficient (Wildman–Crippen LogP) is 5.48. The number of likely N-dealkylation sites (tertiary alicyclic amines) is 1. The first-order valence-electron chi connectivity index (χ1n) is 13.8. The van der Waals surface area contributed by atoms with E-state index in [1.165, 1.54) is 6.92 Å². The van der Waals surface area contributed by atoms with E-state index in [1.807, 2.05) is 61.7 Å². The summed E-state index contributed by atoms with van der Waals surface area (Å²) in [6.07, 6.45) is 5.32. The van der Waals surface area contributed by atoms with Crippen LogP contribution in [0.3, 0.4) is 0 Å². The number of benzene rings is 2. The molecule has 2 aromatic carbocycles. The molecule has 0 bridgehead atoms. The van der Waals surface area contributed by atoms with Crippen molar-refractivity contribution in [1.29, 1.82) is 0 Å². The van der Waals surface area contributed by atoms with Gasteiger partial charge in [0.1, 0.15) is 5.75 Å². The number of carbonyl (C=O) groups is 2. The van der Waals surface area contributed by atoms with E-state index < -0.39 is 5.60 Å². The van der Waals surface area contributed by atoms with Gasteiger partial charge in [0.15, 0.2) is 0 Å². The average molecular weight is 519 g/mol. The molecule has 6 nitrogen and oxygen atoms in total. The Morgan fingerprint density at radius 2 is 1.92 bits per heavy atom. The summed E-state index contributed by atoms with van der Waals surface area (Å²) in [6.45, 7) is 12.9. The second-order valence-corrected chi connectivity index (χ2v) is 11.3. The maximum absolute atomic E-state index is 13.9.